The van der Waals surface area contributed by atoms with E-state index in [0.29, 0.717) is 29.1 Å². The zero-order chi connectivity index (χ0) is 14.7. The van der Waals surface area contributed by atoms with E-state index >= 15 is 0 Å². The fourth-order valence-electron chi connectivity index (χ4n) is 2.48. The second-order valence-corrected chi connectivity index (χ2v) is 5.03. The fraction of sp³-hybridized carbons (Fsp3) is 0.571. The number of Topliss-reactive ketones (excluding diaryl/α,β-unsaturated/α-hetero) is 1. The minimum absolute atomic E-state index is 0.0631. The molecule has 0 spiro atoms. The van der Waals surface area contributed by atoms with E-state index in [4.69, 9.17) is 9.57 Å². The Morgan fingerprint density at radius 1 is 1.35 bits per heavy atom. The fourth-order valence-corrected chi connectivity index (χ4v) is 2.48. The van der Waals surface area contributed by atoms with Crippen LogP contribution in [0.1, 0.15) is 58.3 Å². The van der Waals surface area contributed by atoms with Crippen molar-refractivity contribution >= 4 is 11.7 Å². The Kier molecular flexibility index (Phi) is 4.57. The third-order valence-corrected chi connectivity index (χ3v) is 3.44. The largest absolute Gasteiger partial charge is 0.354 e. The first-order valence-electron chi connectivity index (χ1n) is 6.78. The van der Waals surface area contributed by atoms with E-state index in [9.17, 15) is 9.59 Å². The number of hydrogen-bond donors (Lipinski definition) is 2. The molecule has 0 radical (unpaired) electrons. The Hall–Kier alpha value is -1.66. The molecule has 6 nitrogen and oxygen atoms in total. The molecule has 1 aliphatic rings. The molecule has 1 amide bonds. The van der Waals surface area contributed by atoms with Crippen LogP contribution in [0.4, 0.5) is 0 Å². The lowest BCUT2D eigenvalue weighted by Crippen LogP contribution is -2.33. The number of aryl methyl sites for hydroxylation is 1. The van der Waals surface area contributed by atoms with Crippen LogP contribution in [0.3, 0.4) is 0 Å². The van der Waals surface area contributed by atoms with E-state index in [0.717, 1.165) is 19.3 Å². The first-order valence-corrected chi connectivity index (χ1v) is 6.78. The highest BCUT2D eigenvalue weighted by atomic mass is 16.8. The molecular formula is C14H20N2O4. The van der Waals surface area contributed by atoms with E-state index in [1.54, 1.807) is 13.8 Å². The molecule has 2 heterocycles. The van der Waals surface area contributed by atoms with E-state index in [1.165, 1.54) is 6.92 Å². The number of hydrogen-bond acceptors (Lipinski definition) is 4. The van der Waals surface area contributed by atoms with Gasteiger partial charge >= 0.3 is 0 Å². The average molecular weight is 280 g/mol. The topological polar surface area (TPSA) is 80.4 Å². The Balaban J connectivity index is 2.02. The highest BCUT2D eigenvalue weighted by molar-refractivity contribution is 6.02. The van der Waals surface area contributed by atoms with E-state index in [2.05, 4.69) is 10.5 Å². The number of aromatic amines is 1. The van der Waals surface area contributed by atoms with Crippen molar-refractivity contribution in [2.75, 3.05) is 6.61 Å². The maximum Gasteiger partial charge on any atom is 0.291 e. The number of ketones is 1. The van der Waals surface area contributed by atoms with Crippen molar-refractivity contribution < 1.29 is 19.2 Å². The van der Waals surface area contributed by atoms with Crippen LogP contribution >= 0.6 is 0 Å². The summed E-state index contributed by atoms with van der Waals surface area (Å²) in [6.07, 6.45) is 2.42. The number of amides is 1. The van der Waals surface area contributed by atoms with Crippen molar-refractivity contribution in [3.63, 3.8) is 0 Å². The van der Waals surface area contributed by atoms with Crippen LogP contribution in [0, 0.1) is 13.8 Å². The van der Waals surface area contributed by atoms with Gasteiger partial charge in [-0.3, -0.25) is 9.59 Å². The zero-order valence-electron chi connectivity index (χ0n) is 12.0. The Labute approximate surface area is 117 Å². The first kappa shape index (κ1) is 14.7. The molecule has 110 valence electrons. The maximum atomic E-state index is 12.1. The van der Waals surface area contributed by atoms with Gasteiger partial charge in [-0.2, -0.15) is 0 Å². The SMILES string of the molecule is CC(=O)c1c(C)[nH]c(C(=O)NO[C@H]2CCCCO2)c1C. The molecule has 2 rings (SSSR count). The summed E-state index contributed by atoms with van der Waals surface area (Å²) in [5, 5.41) is 0. The zero-order valence-corrected chi connectivity index (χ0v) is 12.0. The van der Waals surface area contributed by atoms with Gasteiger partial charge < -0.3 is 9.72 Å². The Bertz CT molecular complexity index is 515. The molecular weight excluding hydrogens is 260 g/mol. The predicted octanol–water partition coefficient (Wildman–Crippen LogP) is 2.02. The number of ether oxygens (including phenoxy) is 1. The lowest BCUT2D eigenvalue weighted by molar-refractivity contribution is -0.186. The van der Waals surface area contributed by atoms with Crippen molar-refractivity contribution in [2.45, 2.75) is 46.3 Å². The summed E-state index contributed by atoms with van der Waals surface area (Å²) in [7, 11) is 0. The van der Waals surface area contributed by atoms with Crippen LogP contribution < -0.4 is 5.48 Å². The molecule has 1 aromatic heterocycles. The highest BCUT2D eigenvalue weighted by Gasteiger charge is 2.21. The molecule has 1 saturated heterocycles. The lowest BCUT2D eigenvalue weighted by Gasteiger charge is -2.22. The summed E-state index contributed by atoms with van der Waals surface area (Å²) in [4.78, 5) is 31.8. The minimum atomic E-state index is -0.396. The molecule has 6 heteroatoms. The normalized spacial score (nSPS) is 18.9. The number of rotatable bonds is 4. The third-order valence-electron chi connectivity index (χ3n) is 3.44. The van der Waals surface area contributed by atoms with Gasteiger partial charge in [-0.25, -0.2) is 10.3 Å². The van der Waals surface area contributed by atoms with Crippen molar-refractivity contribution in [2.24, 2.45) is 0 Å². The number of H-pyrrole nitrogens is 1. The summed E-state index contributed by atoms with van der Waals surface area (Å²) in [5.41, 5.74) is 4.62. The average Bonchev–Trinajstić information content (AvgIpc) is 2.72. The van der Waals surface area contributed by atoms with Crippen molar-refractivity contribution in [3.05, 3.63) is 22.5 Å². The highest BCUT2D eigenvalue weighted by Crippen LogP contribution is 2.19. The molecule has 0 saturated carbocycles. The predicted molar refractivity (Wildman–Crippen MR) is 72.4 cm³/mol. The van der Waals surface area contributed by atoms with Gasteiger partial charge in [0.25, 0.3) is 5.91 Å². The molecule has 20 heavy (non-hydrogen) atoms. The smallest absolute Gasteiger partial charge is 0.291 e. The summed E-state index contributed by atoms with van der Waals surface area (Å²) in [6.45, 7) is 5.64. The van der Waals surface area contributed by atoms with Gasteiger partial charge in [0.15, 0.2) is 12.1 Å². The molecule has 1 fully saturated rings. The quantitative estimate of drug-likeness (QED) is 0.653. The van der Waals surface area contributed by atoms with Gasteiger partial charge in [0.2, 0.25) is 0 Å². The standard InChI is InChI=1S/C14H20N2O4/c1-8-12(10(3)17)9(2)15-13(8)14(18)16-20-11-6-4-5-7-19-11/h11,15H,4-7H2,1-3H3,(H,16,18)/t11-/m0/s1. The summed E-state index contributed by atoms with van der Waals surface area (Å²) in [6, 6.07) is 0. The van der Waals surface area contributed by atoms with Crippen molar-refractivity contribution in [3.8, 4) is 0 Å². The van der Waals surface area contributed by atoms with Gasteiger partial charge in [0, 0.05) is 24.3 Å². The van der Waals surface area contributed by atoms with Crippen LogP contribution in [-0.4, -0.2) is 29.6 Å². The molecule has 0 aliphatic carbocycles. The second kappa shape index (κ2) is 6.19. The van der Waals surface area contributed by atoms with Crippen LogP contribution in [0.15, 0.2) is 0 Å². The minimum Gasteiger partial charge on any atom is -0.354 e. The van der Waals surface area contributed by atoms with Crippen LogP contribution in [0.25, 0.3) is 0 Å². The second-order valence-electron chi connectivity index (χ2n) is 5.03. The molecule has 1 aromatic rings. The molecule has 1 atom stereocenters. The molecule has 0 unspecified atom stereocenters. The van der Waals surface area contributed by atoms with E-state index < -0.39 is 12.2 Å². The lowest BCUT2D eigenvalue weighted by atomic mass is 10.1. The summed E-state index contributed by atoms with van der Waals surface area (Å²) < 4.78 is 5.36. The summed E-state index contributed by atoms with van der Waals surface area (Å²) in [5.74, 6) is -0.459. The molecule has 0 aromatic carbocycles. The van der Waals surface area contributed by atoms with Gasteiger partial charge in [-0.05, 0) is 39.2 Å². The number of carbonyl (C=O) groups is 2. The Morgan fingerprint density at radius 2 is 2.10 bits per heavy atom. The third kappa shape index (κ3) is 3.08. The van der Waals surface area contributed by atoms with Gasteiger partial charge in [-0.15, -0.1) is 0 Å². The van der Waals surface area contributed by atoms with Gasteiger partial charge in [0.05, 0.1) is 0 Å². The van der Waals surface area contributed by atoms with Crippen LogP contribution in [-0.2, 0) is 9.57 Å². The van der Waals surface area contributed by atoms with Crippen LogP contribution in [0.5, 0.6) is 0 Å². The number of hydroxylamine groups is 1. The van der Waals surface area contributed by atoms with E-state index in [1.807, 2.05) is 0 Å². The van der Waals surface area contributed by atoms with Crippen LogP contribution in [0.2, 0.25) is 0 Å². The Morgan fingerprint density at radius 3 is 2.65 bits per heavy atom. The first-order chi connectivity index (χ1) is 9.50. The van der Waals surface area contributed by atoms with E-state index in [-0.39, 0.29) is 5.78 Å². The van der Waals surface area contributed by atoms with Gasteiger partial charge in [0.1, 0.15) is 5.69 Å². The van der Waals surface area contributed by atoms with Crippen molar-refractivity contribution in [1.29, 1.82) is 0 Å². The number of aromatic nitrogens is 1. The number of carbonyl (C=O) groups excluding carboxylic acids is 2. The molecule has 0 bridgehead atoms. The summed E-state index contributed by atoms with van der Waals surface area (Å²) >= 11 is 0. The van der Waals surface area contributed by atoms with Crippen molar-refractivity contribution in [1.82, 2.24) is 10.5 Å². The van der Waals surface area contributed by atoms with Gasteiger partial charge in [-0.1, -0.05) is 0 Å². The monoisotopic (exact) mass is 280 g/mol. The molecule has 2 N–H and O–H groups in total. The number of nitrogens with one attached hydrogen (secondary N) is 2. The molecule has 1 aliphatic heterocycles. The maximum absolute atomic E-state index is 12.1.